The number of halogens is 1. The Morgan fingerprint density at radius 1 is 1.11 bits per heavy atom. The molecule has 2 heterocycles. The largest absolute Gasteiger partial charge is 0.353 e. The van der Waals surface area contributed by atoms with Crippen molar-refractivity contribution in [2.75, 3.05) is 6.54 Å². The second-order valence-corrected chi connectivity index (χ2v) is 6.31. The number of para-hydroxylation sites is 1. The molecular weight excluding hydrogens is 347 g/mol. The van der Waals surface area contributed by atoms with Crippen LogP contribution in [0.25, 0.3) is 16.6 Å². The van der Waals surface area contributed by atoms with E-state index in [9.17, 15) is 14.0 Å². The molecule has 3 amide bonds. The van der Waals surface area contributed by atoms with E-state index in [1.807, 2.05) is 24.3 Å². The van der Waals surface area contributed by atoms with Crippen LogP contribution in [0.15, 0.2) is 54.7 Å². The molecule has 4 N–H and O–H groups in total. The van der Waals surface area contributed by atoms with Crippen molar-refractivity contribution in [1.29, 1.82) is 0 Å². The highest BCUT2D eigenvalue weighted by atomic mass is 19.1. The Morgan fingerprint density at radius 2 is 1.85 bits per heavy atom. The van der Waals surface area contributed by atoms with Crippen molar-refractivity contribution in [3.05, 3.63) is 77.4 Å². The molecule has 0 unspecified atom stereocenters. The second-order valence-electron chi connectivity index (χ2n) is 6.31. The van der Waals surface area contributed by atoms with Gasteiger partial charge in [0.05, 0.1) is 11.4 Å². The monoisotopic (exact) mass is 364 g/mol. The molecule has 0 atom stereocenters. The first-order chi connectivity index (χ1) is 13.0. The summed E-state index contributed by atoms with van der Waals surface area (Å²) in [5.74, 6) is -0.691. The summed E-state index contributed by atoms with van der Waals surface area (Å²) in [5, 5.41) is 3.63. The Labute approximate surface area is 154 Å². The number of carbonyl (C=O) groups excluding carboxylic acids is 2. The Hall–Kier alpha value is -3.61. The number of amides is 3. The van der Waals surface area contributed by atoms with Crippen LogP contribution in [0.3, 0.4) is 0 Å². The molecule has 6 nitrogen and oxygen atoms in total. The standard InChI is InChI=1S/C20H17FN4O2/c21-13-7-5-12(6-8-13)19(26)25-10-9-15-14-3-1-2-4-16(14)23-18(15)17(11-25)24-20(22)27/h1-8,11,23H,9-10H2,(H3,22,24,27). The van der Waals surface area contributed by atoms with Gasteiger partial charge in [-0.1, -0.05) is 18.2 Å². The van der Waals surface area contributed by atoms with Crippen molar-refractivity contribution < 1.29 is 14.0 Å². The third-order valence-corrected chi connectivity index (χ3v) is 4.58. The fourth-order valence-corrected chi connectivity index (χ4v) is 3.35. The van der Waals surface area contributed by atoms with E-state index in [1.165, 1.54) is 29.2 Å². The van der Waals surface area contributed by atoms with Crippen molar-refractivity contribution in [2.24, 2.45) is 5.73 Å². The van der Waals surface area contributed by atoms with Gasteiger partial charge in [-0.05, 0) is 42.3 Å². The number of hydrogen-bond donors (Lipinski definition) is 3. The minimum Gasteiger partial charge on any atom is -0.353 e. The SMILES string of the molecule is NC(=O)NC1=CN(C(=O)c2ccc(F)cc2)CCc2c1[nH]c1ccccc21. The highest BCUT2D eigenvalue weighted by Gasteiger charge is 2.24. The lowest BCUT2D eigenvalue weighted by atomic mass is 10.1. The first-order valence-corrected chi connectivity index (χ1v) is 8.47. The molecule has 0 radical (unpaired) electrons. The number of H-pyrrole nitrogens is 1. The Kier molecular flexibility index (Phi) is 4.12. The summed E-state index contributed by atoms with van der Waals surface area (Å²) in [6.07, 6.45) is 2.16. The molecule has 0 bridgehead atoms. The van der Waals surface area contributed by atoms with Crippen LogP contribution in [-0.4, -0.2) is 28.4 Å². The van der Waals surface area contributed by atoms with Crippen LogP contribution in [0, 0.1) is 5.82 Å². The number of aromatic nitrogens is 1. The van der Waals surface area contributed by atoms with Crippen LogP contribution in [-0.2, 0) is 6.42 Å². The van der Waals surface area contributed by atoms with Gasteiger partial charge in [-0.3, -0.25) is 4.79 Å². The van der Waals surface area contributed by atoms with Crippen molar-refractivity contribution in [2.45, 2.75) is 6.42 Å². The molecule has 0 saturated heterocycles. The third-order valence-electron chi connectivity index (χ3n) is 4.58. The van der Waals surface area contributed by atoms with Gasteiger partial charge >= 0.3 is 6.03 Å². The molecule has 136 valence electrons. The lowest BCUT2D eigenvalue weighted by Crippen LogP contribution is -2.31. The Bertz CT molecular complexity index is 1070. The maximum absolute atomic E-state index is 13.1. The van der Waals surface area contributed by atoms with Crippen LogP contribution < -0.4 is 11.1 Å². The number of nitrogens with two attached hydrogens (primary N) is 1. The quantitative estimate of drug-likeness (QED) is 0.652. The molecule has 2 aromatic carbocycles. The summed E-state index contributed by atoms with van der Waals surface area (Å²) in [6.45, 7) is 0.412. The van der Waals surface area contributed by atoms with Crippen LogP contribution in [0.4, 0.5) is 9.18 Å². The second kappa shape index (κ2) is 6.60. The summed E-state index contributed by atoms with van der Waals surface area (Å²) in [7, 11) is 0. The molecule has 0 fully saturated rings. The normalized spacial score (nSPS) is 13.7. The van der Waals surface area contributed by atoms with Crippen molar-refractivity contribution in [1.82, 2.24) is 15.2 Å². The molecule has 3 aromatic rings. The molecule has 27 heavy (non-hydrogen) atoms. The van der Waals surface area contributed by atoms with E-state index in [0.717, 1.165) is 22.2 Å². The third kappa shape index (κ3) is 3.15. The first-order valence-electron chi connectivity index (χ1n) is 8.47. The van der Waals surface area contributed by atoms with Gasteiger partial charge in [-0.25, -0.2) is 9.18 Å². The minimum absolute atomic E-state index is 0.284. The van der Waals surface area contributed by atoms with E-state index in [1.54, 1.807) is 6.20 Å². The molecule has 7 heteroatoms. The van der Waals surface area contributed by atoms with Gasteiger partial charge in [0, 0.05) is 29.2 Å². The molecular formula is C20H17FN4O2. The predicted molar refractivity (Wildman–Crippen MR) is 100 cm³/mol. The van der Waals surface area contributed by atoms with Crippen LogP contribution in [0.2, 0.25) is 0 Å². The smallest absolute Gasteiger partial charge is 0.316 e. The van der Waals surface area contributed by atoms with Gasteiger partial charge in [-0.2, -0.15) is 0 Å². The number of rotatable bonds is 2. The molecule has 1 aliphatic rings. The molecule has 0 aliphatic carbocycles. The van der Waals surface area contributed by atoms with Gasteiger partial charge in [0.25, 0.3) is 5.91 Å². The zero-order chi connectivity index (χ0) is 19.0. The zero-order valence-electron chi connectivity index (χ0n) is 14.3. The predicted octanol–water partition coefficient (Wildman–Crippen LogP) is 2.97. The van der Waals surface area contributed by atoms with E-state index in [0.29, 0.717) is 24.2 Å². The van der Waals surface area contributed by atoms with Crippen LogP contribution in [0.1, 0.15) is 21.6 Å². The Balaban J connectivity index is 1.77. The molecule has 0 saturated carbocycles. The van der Waals surface area contributed by atoms with Gasteiger partial charge in [0.2, 0.25) is 0 Å². The van der Waals surface area contributed by atoms with Gasteiger partial charge in [0.1, 0.15) is 5.82 Å². The van der Waals surface area contributed by atoms with Gasteiger partial charge < -0.3 is 20.9 Å². The first kappa shape index (κ1) is 16.8. The van der Waals surface area contributed by atoms with E-state index in [4.69, 9.17) is 5.73 Å². The summed E-state index contributed by atoms with van der Waals surface area (Å²) in [4.78, 5) is 29.1. The van der Waals surface area contributed by atoms with Crippen molar-refractivity contribution in [3.8, 4) is 0 Å². The molecule has 4 rings (SSSR count). The number of primary amides is 1. The molecule has 1 aliphatic heterocycles. The van der Waals surface area contributed by atoms with Crippen molar-refractivity contribution >= 4 is 28.5 Å². The average molecular weight is 364 g/mol. The number of nitrogens with one attached hydrogen (secondary N) is 2. The number of aromatic amines is 1. The average Bonchev–Trinajstić information content (AvgIpc) is 2.93. The van der Waals surface area contributed by atoms with E-state index < -0.39 is 11.8 Å². The fourth-order valence-electron chi connectivity index (χ4n) is 3.35. The van der Waals surface area contributed by atoms with Crippen LogP contribution >= 0.6 is 0 Å². The minimum atomic E-state index is -0.720. The number of fused-ring (bicyclic) bond motifs is 3. The van der Waals surface area contributed by atoms with Crippen LogP contribution in [0.5, 0.6) is 0 Å². The van der Waals surface area contributed by atoms with Crippen molar-refractivity contribution in [3.63, 3.8) is 0 Å². The summed E-state index contributed by atoms with van der Waals surface area (Å²) in [6, 6.07) is 12.4. The number of nitrogens with zero attached hydrogens (tertiary/aromatic N) is 1. The topological polar surface area (TPSA) is 91.2 Å². The van der Waals surface area contributed by atoms with E-state index in [-0.39, 0.29) is 5.91 Å². The van der Waals surface area contributed by atoms with E-state index >= 15 is 0 Å². The maximum atomic E-state index is 13.1. The highest BCUT2D eigenvalue weighted by molar-refractivity contribution is 5.97. The number of hydrogen-bond acceptors (Lipinski definition) is 2. The highest BCUT2D eigenvalue weighted by Crippen LogP contribution is 2.29. The lowest BCUT2D eigenvalue weighted by molar-refractivity contribution is 0.0824. The van der Waals surface area contributed by atoms with Gasteiger partial charge in [0.15, 0.2) is 0 Å². The molecule has 1 aromatic heterocycles. The number of carbonyl (C=O) groups is 2. The number of urea groups is 1. The maximum Gasteiger partial charge on any atom is 0.316 e. The molecule has 0 spiro atoms. The van der Waals surface area contributed by atoms with Gasteiger partial charge in [-0.15, -0.1) is 0 Å². The number of benzene rings is 2. The lowest BCUT2D eigenvalue weighted by Gasteiger charge is -2.18. The summed E-state index contributed by atoms with van der Waals surface area (Å²) >= 11 is 0. The zero-order valence-corrected chi connectivity index (χ0v) is 14.3. The Morgan fingerprint density at radius 3 is 2.59 bits per heavy atom. The fraction of sp³-hybridized carbons (Fsp3) is 0.100. The summed E-state index contributed by atoms with van der Waals surface area (Å²) in [5.41, 5.74) is 8.77. The summed E-state index contributed by atoms with van der Waals surface area (Å²) < 4.78 is 13.1. The van der Waals surface area contributed by atoms with E-state index in [2.05, 4.69) is 10.3 Å².